The highest BCUT2D eigenvalue weighted by Crippen LogP contribution is 2.18. The van der Waals surface area contributed by atoms with Gasteiger partial charge in [-0.2, -0.15) is 0 Å². The number of esters is 1. The molecule has 0 fully saturated rings. The topological polar surface area (TPSA) is 95.9 Å². The quantitative estimate of drug-likeness (QED) is 0.0321. The second-order valence-electron chi connectivity index (χ2n) is 18.6. The number of carbonyl (C=O) groups is 2. The molecule has 0 aliphatic rings. The number of ether oxygens (including phenoxy) is 1. The van der Waals surface area contributed by atoms with Crippen molar-refractivity contribution in [3.63, 3.8) is 0 Å². The van der Waals surface area contributed by atoms with Crippen LogP contribution in [0.2, 0.25) is 0 Å². The van der Waals surface area contributed by atoms with Gasteiger partial charge in [0.2, 0.25) is 5.91 Å². The maximum Gasteiger partial charge on any atom is 0.306 e. The van der Waals surface area contributed by atoms with Crippen molar-refractivity contribution in [1.29, 1.82) is 0 Å². The summed E-state index contributed by atoms with van der Waals surface area (Å²) in [5, 5.41) is 23.8. The highest BCUT2D eigenvalue weighted by Gasteiger charge is 2.24. The summed E-state index contributed by atoms with van der Waals surface area (Å²) in [6, 6.07) is -0.710. The van der Waals surface area contributed by atoms with Crippen LogP contribution in [0.15, 0.2) is 48.6 Å². The van der Waals surface area contributed by atoms with Crippen LogP contribution in [0.1, 0.15) is 278 Å². The molecule has 0 bridgehead atoms. The number of aliphatic hydroxyl groups excluding tert-OH is 2. The molecular weight excluding hydrogens is 779 g/mol. The third kappa shape index (κ3) is 46.2. The first-order chi connectivity index (χ1) is 31.0. The van der Waals surface area contributed by atoms with Crippen LogP contribution in [0.4, 0.5) is 0 Å². The van der Waals surface area contributed by atoms with Gasteiger partial charge in [-0.1, -0.05) is 249 Å². The first-order valence-electron chi connectivity index (χ1n) is 27.4. The molecule has 6 nitrogen and oxygen atoms in total. The Morgan fingerprint density at radius 1 is 0.460 bits per heavy atom. The van der Waals surface area contributed by atoms with Gasteiger partial charge in [0.05, 0.1) is 25.2 Å². The van der Waals surface area contributed by atoms with E-state index in [1.54, 1.807) is 0 Å². The molecule has 0 rings (SSSR count). The zero-order valence-corrected chi connectivity index (χ0v) is 42.0. The van der Waals surface area contributed by atoms with E-state index in [1.165, 1.54) is 161 Å². The van der Waals surface area contributed by atoms with Crippen molar-refractivity contribution in [2.24, 2.45) is 0 Å². The van der Waals surface area contributed by atoms with E-state index in [0.29, 0.717) is 25.7 Å². The van der Waals surface area contributed by atoms with E-state index in [1.807, 2.05) is 0 Å². The van der Waals surface area contributed by atoms with Crippen molar-refractivity contribution >= 4 is 11.9 Å². The Labute approximate surface area is 391 Å². The van der Waals surface area contributed by atoms with E-state index in [-0.39, 0.29) is 24.9 Å². The Bertz CT molecular complexity index is 1080. The summed E-state index contributed by atoms with van der Waals surface area (Å²) < 4.78 is 5.92. The van der Waals surface area contributed by atoms with Crippen LogP contribution in [0, 0.1) is 0 Å². The van der Waals surface area contributed by atoms with Crippen LogP contribution >= 0.6 is 0 Å². The van der Waals surface area contributed by atoms with Crippen LogP contribution in [-0.4, -0.2) is 46.9 Å². The Morgan fingerprint density at radius 2 is 0.810 bits per heavy atom. The van der Waals surface area contributed by atoms with E-state index in [4.69, 9.17) is 4.74 Å². The molecule has 0 saturated carbocycles. The molecule has 63 heavy (non-hydrogen) atoms. The van der Waals surface area contributed by atoms with Gasteiger partial charge in [0.25, 0.3) is 0 Å². The summed E-state index contributed by atoms with van der Waals surface area (Å²) in [6.07, 6.45) is 61.7. The molecule has 0 aliphatic heterocycles. The zero-order valence-electron chi connectivity index (χ0n) is 42.0. The van der Waals surface area contributed by atoms with Crippen molar-refractivity contribution in [3.05, 3.63) is 48.6 Å². The van der Waals surface area contributed by atoms with Gasteiger partial charge in [0.15, 0.2) is 0 Å². The van der Waals surface area contributed by atoms with Crippen molar-refractivity contribution < 1.29 is 24.5 Å². The average molecular weight is 884 g/mol. The number of unbranched alkanes of at least 4 members (excludes halogenated alkanes) is 29. The summed E-state index contributed by atoms with van der Waals surface area (Å²) in [4.78, 5) is 26.2. The molecule has 0 radical (unpaired) electrons. The summed E-state index contributed by atoms with van der Waals surface area (Å²) in [5.74, 6) is -0.530. The van der Waals surface area contributed by atoms with Gasteiger partial charge in [0, 0.05) is 6.42 Å². The molecule has 6 heteroatoms. The van der Waals surface area contributed by atoms with Crippen LogP contribution in [0.3, 0.4) is 0 Å². The van der Waals surface area contributed by atoms with E-state index in [2.05, 4.69) is 74.7 Å². The minimum atomic E-state index is -0.795. The molecule has 0 spiro atoms. The molecule has 0 aromatic heterocycles. The lowest BCUT2D eigenvalue weighted by Crippen LogP contribution is -2.46. The summed E-state index contributed by atoms with van der Waals surface area (Å²) in [7, 11) is 0. The number of hydrogen-bond acceptors (Lipinski definition) is 5. The minimum Gasteiger partial charge on any atom is -0.462 e. The summed E-state index contributed by atoms with van der Waals surface area (Å²) >= 11 is 0. The first kappa shape index (κ1) is 60.8. The SMILES string of the molecule is CCCCC/C=C\C/C=C\C/C=C\C/C=C\CCCC(=O)OC(CCCCCCCCCCCCCCCCC)CC(=O)NC(CO)C(O)CCCCCCCCCCCCCC. The Kier molecular flexibility index (Phi) is 49.1. The van der Waals surface area contributed by atoms with E-state index in [9.17, 15) is 19.8 Å². The van der Waals surface area contributed by atoms with Gasteiger partial charge in [-0.15, -0.1) is 0 Å². The lowest BCUT2D eigenvalue weighted by Gasteiger charge is -2.24. The maximum absolute atomic E-state index is 13.2. The van der Waals surface area contributed by atoms with Crippen LogP contribution in [-0.2, 0) is 14.3 Å². The molecule has 1 amide bonds. The molecular formula is C57H105NO5. The third-order valence-corrected chi connectivity index (χ3v) is 12.4. The van der Waals surface area contributed by atoms with Gasteiger partial charge < -0.3 is 20.3 Å². The van der Waals surface area contributed by atoms with Gasteiger partial charge in [0.1, 0.15) is 6.10 Å². The van der Waals surface area contributed by atoms with Crippen molar-refractivity contribution in [2.75, 3.05) is 6.61 Å². The summed E-state index contributed by atoms with van der Waals surface area (Å²) in [6.45, 7) is 6.46. The molecule has 3 N–H and O–H groups in total. The Morgan fingerprint density at radius 3 is 1.22 bits per heavy atom. The van der Waals surface area contributed by atoms with Crippen LogP contribution < -0.4 is 5.32 Å². The molecule has 0 aliphatic carbocycles. The number of aliphatic hydroxyl groups is 2. The number of carbonyl (C=O) groups excluding carboxylic acids is 2. The van der Waals surface area contributed by atoms with Crippen molar-refractivity contribution in [2.45, 2.75) is 296 Å². The minimum absolute atomic E-state index is 0.0589. The number of allylic oxidation sites excluding steroid dienone is 8. The number of hydrogen-bond donors (Lipinski definition) is 3. The molecule has 0 saturated heterocycles. The largest absolute Gasteiger partial charge is 0.462 e. The lowest BCUT2D eigenvalue weighted by molar-refractivity contribution is -0.151. The molecule has 368 valence electrons. The average Bonchev–Trinajstić information content (AvgIpc) is 3.28. The summed E-state index contributed by atoms with van der Waals surface area (Å²) in [5.41, 5.74) is 0. The fraction of sp³-hybridized carbons (Fsp3) is 0.825. The smallest absolute Gasteiger partial charge is 0.306 e. The highest BCUT2D eigenvalue weighted by atomic mass is 16.5. The van der Waals surface area contributed by atoms with Gasteiger partial charge in [-0.05, 0) is 64.2 Å². The van der Waals surface area contributed by atoms with Crippen molar-refractivity contribution in [3.8, 4) is 0 Å². The van der Waals surface area contributed by atoms with Gasteiger partial charge in [-0.25, -0.2) is 0 Å². The third-order valence-electron chi connectivity index (χ3n) is 12.4. The van der Waals surface area contributed by atoms with E-state index in [0.717, 1.165) is 64.2 Å². The number of nitrogens with one attached hydrogen (secondary N) is 1. The first-order valence-corrected chi connectivity index (χ1v) is 27.4. The number of rotatable bonds is 49. The molecule has 0 heterocycles. The Balaban J connectivity index is 4.64. The molecule has 3 atom stereocenters. The predicted octanol–water partition coefficient (Wildman–Crippen LogP) is 16.6. The normalized spacial score (nSPS) is 13.5. The Hall–Kier alpha value is -2.18. The predicted molar refractivity (Wildman–Crippen MR) is 273 cm³/mol. The van der Waals surface area contributed by atoms with Gasteiger partial charge in [-0.3, -0.25) is 9.59 Å². The number of amides is 1. The van der Waals surface area contributed by atoms with E-state index < -0.39 is 18.2 Å². The highest BCUT2D eigenvalue weighted by molar-refractivity contribution is 5.77. The lowest BCUT2D eigenvalue weighted by atomic mass is 10.0. The second-order valence-corrected chi connectivity index (χ2v) is 18.6. The second kappa shape index (κ2) is 50.8. The monoisotopic (exact) mass is 884 g/mol. The maximum atomic E-state index is 13.2. The zero-order chi connectivity index (χ0) is 45.9. The molecule has 3 unspecified atom stereocenters. The fourth-order valence-corrected chi connectivity index (χ4v) is 8.25. The molecule has 0 aromatic rings. The molecule has 0 aromatic carbocycles. The van der Waals surface area contributed by atoms with Crippen LogP contribution in [0.25, 0.3) is 0 Å². The van der Waals surface area contributed by atoms with Gasteiger partial charge >= 0.3 is 5.97 Å². The standard InChI is InChI=1S/C57H105NO5/c1-4-7-10-13-16-19-22-25-27-28-30-32-35-38-41-44-47-50-57(62)63-53(48-45-42-39-36-33-31-29-26-23-20-17-14-11-8-5-2)51-56(61)58-54(52-59)55(60)49-46-43-40-37-34-24-21-18-15-12-9-6-3/h16,19,25,27,30,32,38,41,53-55,59-60H,4-15,17-18,20-24,26,28-29,31,33-37,39-40,42-52H2,1-3H3,(H,58,61)/b19-16-,27-25-,32-30-,41-38-. The fourth-order valence-electron chi connectivity index (χ4n) is 8.25. The van der Waals surface area contributed by atoms with Crippen LogP contribution in [0.5, 0.6) is 0 Å². The van der Waals surface area contributed by atoms with Crippen molar-refractivity contribution in [1.82, 2.24) is 5.32 Å². The van der Waals surface area contributed by atoms with E-state index >= 15 is 0 Å².